The molecule has 2 aromatic rings. The molecule has 1 aliphatic rings. The van der Waals surface area contributed by atoms with Gasteiger partial charge in [0.1, 0.15) is 24.1 Å². The van der Waals surface area contributed by atoms with Crippen molar-refractivity contribution in [2.45, 2.75) is 32.8 Å². The van der Waals surface area contributed by atoms with E-state index in [0.29, 0.717) is 6.61 Å². The summed E-state index contributed by atoms with van der Waals surface area (Å²) in [6.07, 6.45) is 3.05. The average Bonchev–Trinajstić information content (AvgIpc) is 2.63. The molecule has 6 heteroatoms. The molecule has 0 unspecified atom stereocenters. The fourth-order valence-electron chi connectivity index (χ4n) is 2.61. The standard InChI is InChI=1S/C19H23FN4O/c1-2-3-11-21-18-9-8-16-17(10-12-22-19(16)23-18)24-25-13-14-4-6-15(20)7-5-14/h4-9H,2-3,10-13H2,1H3,(H2,21,22,23)/b24-17+. The highest BCUT2D eigenvalue weighted by atomic mass is 19.1. The number of pyridine rings is 1. The SMILES string of the molecule is CCCCNc1ccc2c(n1)NCC/C2=N\OCc1ccc(F)cc1. The third-order valence-corrected chi connectivity index (χ3v) is 4.02. The van der Waals surface area contributed by atoms with E-state index in [1.807, 2.05) is 12.1 Å². The molecule has 1 aliphatic heterocycles. The Morgan fingerprint density at radius 3 is 2.88 bits per heavy atom. The highest BCUT2D eigenvalue weighted by Gasteiger charge is 2.17. The molecule has 0 radical (unpaired) electrons. The molecule has 25 heavy (non-hydrogen) atoms. The van der Waals surface area contributed by atoms with Gasteiger partial charge in [-0.25, -0.2) is 9.37 Å². The van der Waals surface area contributed by atoms with E-state index >= 15 is 0 Å². The highest BCUT2D eigenvalue weighted by molar-refractivity contribution is 6.05. The Labute approximate surface area is 147 Å². The van der Waals surface area contributed by atoms with Gasteiger partial charge < -0.3 is 15.5 Å². The second-order valence-corrected chi connectivity index (χ2v) is 5.99. The van der Waals surface area contributed by atoms with Crippen molar-refractivity contribution in [1.29, 1.82) is 0 Å². The number of anilines is 2. The van der Waals surface area contributed by atoms with E-state index in [4.69, 9.17) is 4.84 Å². The third-order valence-electron chi connectivity index (χ3n) is 4.02. The number of oxime groups is 1. The number of aromatic nitrogens is 1. The van der Waals surface area contributed by atoms with Crippen LogP contribution >= 0.6 is 0 Å². The molecule has 0 spiro atoms. The molecule has 0 amide bonds. The summed E-state index contributed by atoms with van der Waals surface area (Å²) in [7, 11) is 0. The van der Waals surface area contributed by atoms with Crippen LogP contribution in [-0.4, -0.2) is 23.8 Å². The lowest BCUT2D eigenvalue weighted by Crippen LogP contribution is -2.21. The molecule has 132 valence electrons. The maximum Gasteiger partial charge on any atom is 0.142 e. The van der Waals surface area contributed by atoms with Crippen LogP contribution in [0.15, 0.2) is 41.6 Å². The van der Waals surface area contributed by atoms with E-state index in [0.717, 1.165) is 60.8 Å². The molecule has 2 N–H and O–H groups in total. The zero-order chi connectivity index (χ0) is 17.5. The molecule has 1 aromatic carbocycles. The van der Waals surface area contributed by atoms with Crippen LogP contribution in [0.25, 0.3) is 0 Å². The zero-order valence-corrected chi connectivity index (χ0v) is 14.4. The summed E-state index contributed by atoms with van der Waals surface area (Å²) in [6.45, 7) is 4.18. The normalized spacial score (nSPS) is 14.7. The number of hydrogen-bond acceptors (Lipinski definition) is 5. The van der Waals surface area contributed by atoms with E-state index in [2.05, 4.69) is 27.7 Å². The van der Waals surface area contributed by atoms with E-state index in [1.165, 1.54) is 12.1 Å². The summed E-state index contributed by atoms with van der Waals surface area (Å²) >= 11 is 0. The van der Waals surface area contributed by atoms with E-state index < -0.39 is 0 Å². The lowest BCUT2D eigenvalue weighted by Gasteiger charge is -2.19. The van der Waals surface area contributed by atoms with Gasteiger partial charge in [0, 0.05) is 25.1 Å². The van der Waals surface area contributed by atoms with E-state index in [-0.39, 0.29) is 5.82 Å². The van der Waals surface area contributed by atoms with Gasteiger partial charge in [0.2, 0.25) is 0 Å². The van der Waals surface area contributed by atoms with Crippen molar-refractivity contribution in [3.05, 3.63) is 53.3 Å². The van der Waals surface area contributed by atoms with Gasteiger partial charge in [-0.2, -0.15) is 0 Å². The summed E-state index contributed by atoms with van der Waals surface area (Å²) in [5.74, 6) is 1.45. The second kappa shape index (κ2) is 8.46. The molecule has 0 fully saturated rings. The Kier molecular flexibility index (Phi) is 5.82. The van der Waals surface area contributed by atoms with Gasteiger partial charge in [0.25, 0.3) is 0 Å². The van der Waals surface area contributed by atoms with Crippen LogP contribution < -0.4 is 10.6 Å². The van der Waals surface area contributed by atoms with E-state index in [1.54, 1.807) is 12.1 Å². The van der Waals surface area contributed by atoms with Gasteiger partial charge in [-0.1, -0.05) is 30.6 Å². The zero-order valence-electron chi connectivity index (χ0n) is 14.4. The van der Waals surface area contributed by atoms with Crippen LogP contribution in [0.4, 0.5) is 16.0 Å². The van der Waals surface area contributed by atoms with Gasteiger partial charge in [-0.15, -0.1) is 0 Å². The van der Waals surface area contributed by atoms with Crippen LogP contribution in [0, 0.1) is 5.82 Å². The van der Waals surface area contributed by atoms with Crippen LogP contribution in [0.3, 0.4) is 0 Å². The molecule has 2 heterocycles. The first-order chi connectivity index (χ1) is 12.3. The lowest BCUT2D eigenvalue weighted by molar-refractivity contribution is 0.130. The minimum absolute atomic E-state index is 0.253. The predicted octanol–water partition coefficient (Wildman–Crippen LogP) is 4.17. The van der Waals surface area contributed by atoms with Gasteiger partial charge >= 0.3 is 0 Å². The lowest BCUT2D eigenvalue weighted by atomic mass is 10.1. The maximum absolute atomic E-state index is 12.9. The van der Waals surface area contributed by atoms with Crippen molar-refractivity contribution in [2.24, 2.45) is 5.16 Å². The minimum Gasteiger partial charge on any atom is -0.391 e. The summed E-state index contributed by atoms with van der Waals surface area (Å²) in [5.41, 5.74) is 2.73. The molecule has 1 aromatic heterocycles. The molecule has 0 saturated heterocycles. The number of nitrogens with one attached hydrogen (secondary N) is 2. The Balaban J connectivity index is 1.65. The minimum atomic E-state index is -0.253. The molecule has 5 nitrogen and oxygen atoms in total. The molecule has 0 atom stereocenters. The molecular weight excluding hydrogens is 319 g/mol. The number of fused-ring (bicyclic) bond motifs is 1. The summed E-state index contributed by atoms with van der Waals surface area (Å²) < 4.78 is 12.9. The van der Waals surface area contributed by atoms with Gasteiger partial charge in [-0.3, -0.25) is 0 Å². The monoisotopic (exact) mass is 342 g/mol. The number of halogens is 1. The summed E-state index contributed by atoms with van der Waals surface area (Å²) in [5, 5.41) is 10.9. The van der Waals surface area contributed by atoms with Gasteiger partial charge in [-0.05, 0) is 36.2 Å². The molecule has 0 bridgehead atoms. The topological polar surface area (TPSA) is 58.5 Å². The predicted molar refractivity (Wildman–Crippen MR) is 98.5 cm³/mol. The first kappa shape index (κ1) is 17.2. The number of unbranched alkanes of at least 4 members (excludes halogenated alkanes) is 1. The quantitative estimate of drug-likeness (QED) is 0.586. The Morgan fingerprint density at radius 1 is 1.24 bits per heavy atom. The molecule has 0 saturated carbocycles. The van der Waals surface area contributed by atoms with Crippen molar-refractivity contribution in [3.63, 3.8) is 0 Å². The number of hydrogen-bond donors (Lipinski definition) is 2. The van der Waals surface area contributed by atoms with Crippen molar-refractivity contribution < 1.29 is 9.23 Å². The Bertz CT molecular complexity index is 731. The van der Waals surface area contributed by atoms with Crippen molar-refractivity contribution >= 4 is 17.3 Å². The van der Waals surface area contributed by atoms with Gasteiger partial charge in [0.05, 0.1) is 5.71 Å². The maximum atomic E-state index is 12.9. The van der Waals surface area contributed by atoms with Gasteiger partial charge in [0.15, 0.2) is 0 Å². The molecule has 3 rings (SSSR count). The van der Waals surface area contributed by atoms with Crippen LogP contribution in [0.5, 0.6) is 0 Å². The smallest absolute Gasteiger partial charge is 0.142 e. The highest BCUT2D eigenvalue weighted by Crippen LogP contribution is 2.22. The van der Waals surface area contributed by atoms with E-state index in [9.17, 15) is 4.39 Å². The first-order valence-electron chi connectivity index (χ1n) is 8.68. The Hall–Kier alpha value is -2.63. The largest absolute Gasteiger partial charge is 0.391 e. The Morgan fingerprint density at radius 2 is 2.08 bits per heavy atom. The molecular formula is C19H23FN4O. The summed E-state index contributed by atoms with van der Waals surface area (Å²) in [6, 6.07) is 10.2. The number of nitrogens with zero attached hydrogens (tertiary/aromatic N) is 2. The second-order valence-electron chi connectivity index (χ2n) is 5.99. The van der Waals surface area contributed by atoms with Crippen LogP contribution in [-0.2, 0) is 11.4 Å². The molecule has 0 aliphatic carbocycles. The van der Waals surface area contributed by atoms with Crippen molar-refractivity contribution in [2.75, 3.05) is 23.7 Å². The number of benzene rings is 1. The van der Waals surface area contributed by atoms with Crippen LogP contribution in [0.2, 0.25) is 0 Å². The average molecular weight is 342 g/mol. The fourth-order valence-corrected chi connectivity index (χ4v) is 2.61. The third kappa shape index (κ3) is 4.68. The van der Waals surface area contributed by atoms with Crippen LogP contribution in [0.1, 0.15) is 37.3 Å². The fraction of sp³-hybridized carbons (Fsp3) is 0.368. The summed E-state index contributed by atoms with van der Waals surface area (Å²) in [4.78, 5) is 10.1. The van der Waals surface area contributed by atoms with Crippen molar-refractivity contribution in [1.82, 2.24) is 4.98 Å². The number of rotatable bonds is 7. The first-order valence-corrected chi connectivity index (χ1v) is 8.68. The van der Waals surface area contributed by atoms with Crippen molar-refractivity contribution in [3.8, 4) is 0 Å².